The van der Waals surface area contributed by atoms with Gasteiger partial charge in [0.2, 0.25) is 0 Å². The van der Waals surface area contributed by atoms with Crippen LogP contribution in [-0.4, -0.2) is 44.4 Å². The van der Waals surface area contributed by atoms with Crippen molar-refractivity contribution in [2.45, 2.75) is 26.5 Å². The van der Waals surface area contributed by atoms with Gasteiger partial charge in [0.05, 0.1) is 41.0 Å². The number of esters is 1. The summed E-state index contributed by atoms with van der Waals surface area (Å²) in [6.07, 6.45) is 1.44. The fraction of sp³-hybridized carbons (Fsp3) is 0.226. The standard InChI is InChI=1S/C31H30BrClN4O7/c1-4-42-30(39)27-18(2)35-31(40)36-28(27)21-10-11-24(25(14-21)41-3)43-17-26(38)37-34-15-20-12-22(32)29(23(33)13-20)44-16-19-8-6-5-7-9-19/h5-15,28H,4,16-17H2,1-3H3,(H,37,38)(H2,35,36,40)/b34-15-/t28-/m1/s1. The number of methoxy groups -OCH3 is 1. The van der Waals surface area contributed by atoms with E-state index in [-0.39, 0.29) is 24.5 Å². The Kier molecular flexibility index (Phi) is 11.2. The van der Waals surface area contributed by atoms with Crippen molar-refractivity contribution in [3.63, 3.8) is 0 Å². The summed E-state index contributed by atoms with van der Waals surface area (Å²) in [5, 5.41) is 9.68. The van der Waals surface area contributed by atoms with Crippen molar-refractivity contribution in [3.05, 3.63) is 98.1 Å². The molecule has 3 amide bonds. The first-order valence-electron chi connectivity index (χ1n) is 13.4. The van der Waals surface area contributed by atoms with E-state index in [1.54, 1.807) is 44.2 Å². The second-order valence-corrected chi connectivity index (χ2v) is 10.6. The maximum atomic E-state index is 12.6. The van der Waals surface area contributed by atoms with Crippen LogP contribution < -0.4 is 30.3 Å². The van der Waals surface area contributed by atoms with Gasteiger partial charge >= 0.3 is 12.0 Å². The Morgan fingerprint density at radius 1 is 1.09 bits per heavy atom. The highest BCUT2D eigenvalue weighted by molar-refractivity contribution is 9.10. The third kappa shape index (κ3) is 8.29. The number of rotatable bonds is 12. The number of allylic oxidation sites excluding steroid dienone is 1. The summed E-state index contributed by atoms with van der Waals surface area (Å²) in [6.45, 7) is 3.50. The molecule has 0 unspecified atom stereocenters. The van der Waals surface area contributed by atoms with Crippen LogP contribution >= 0.6 is 27.5 Å². The maximum Gasteiger partial charge on any atom is 0.338 e. The molecule has 0 spiro atoms. The normalized spacial score (nSPS) is 14.5. The Morgan fingerprint density at radius 3 is 2.57 bits per heavy atom. The van der Waals surface area contributed by atoms with Gasteiger partial charge in [-0.15, -0.1) is 0 Å². The molecule has 44 heavy (non-hydrogen) atoms. The number of nitrogens with zero attached hydrogens (tertiary/aromatic N) is 1. The van der Waals surface area contributed by atoms with Gasteiger partial charge < -0.3 is 29.6 Å². The first-order chi connectivity index (χ1) is 21.2. The number of amides is 3. The second kappa shape index (κ2) is 15.3. The van der Waals surface area contributed by atoms with Crippen molar-refractivity contribution < 1.29 is 33.3 Å². The third-order valence-corrected chi connectivity index (χ3v) is 7.16. The number of halogens is 2. The molecule has 0 bridgehead atoms. The van der Waals surface area contributed by atoms with Crippen LogP contribution in [-0.2, 0) is 20.9 Å². The Labute approximate surface area is 267 Å². The fourth-order valence-corrected chi connectivity index (χ4v) is 5.27. The maximum absolute atomic E-state index is 12.6. The van der Waals surface area contributed by atoms with Crippen LogP contribution in [0.15, 0.2) is 81.5 Å². The highest BCUT2D eigenvalue weighted by Crippen LogP contribution is 2.36. The molecule has 0 fully saturated rings. The highest BCUT2D eigenvalue weighted by Gasteiger charge is 2.32. The molecule has 0 saturated heterocycles. The number of nitrogens with one attached hydrogen (secondary N) is 3. The predicted molar refractivity (Wildman–Crippen MR) is 168 cm³/mol. The number of urea groups is 1. The zero-order valence-electron chi connectivity index (χ0n) is 24.1. The van der Waals surface area contributed by atoms with Crippen molar-refractivity contribution in [1.29, 1.82) is 0 Å². The predicted octanol–water partition coefficient (Wildman–Crippen LogP) is 5.41. The fourth-order valence-electron chi connectivity index (χ4n) is 4.28. The van der Waals surface area contributed by atoms with Crippen molar-refractivity contribution in [2.24, 2.45) is 5.10 Å². The van der Waals surface area contributed by atoms with E-state index >= 15 is 0 Å². The number of carbonyl (C=O) groups is 3. The lowest BCUT2D eigenvalue weighted by molar-refractivity contribution is -0.139. The molecule has 1 heterocycles. The van der Waals surface area contributed by atoms with Crippen LogP contribution in [0.2, 0.25) is 5.02 Å². The van der Waals surface area contributed by atoms with E-state index in [4.69, 9.17) is 30.5 Å². The smallest absolute Gasteiger partial charge is 0.338 e. The van der Waals surface area contributed by atoms with E-state index in [9.17, 15) is 14.4 Å². The largest absolute Gasteiger partial charge is 0.493 e. The Balaban J connectivity index is 1.36. The quantitative estimate of drug-likeness (QED) is 0.132. The van der Waals surface area contributed by atoms with Crippen LogP contribution in [0.25, 0.3) is 0 Å². The molecule has 13 heteroatoms. The van der Waals surface area contributed by atoms with Gasteiger partial charge in [-0.1, -0.05) is 48.0 Å². The average Bonchev–Trinajstić information content (AvgIpc) is 2.99. The van der Waals surface area contributed by atoms with Crippen LogP contribution in [0.3, 0.4) is 0 Å². The Morgan fingerprint density at radius 2 is 1.86 bits per heavy atom. The summed E-state index contributed by atoms with van der Waals surface area (Å²) in [6, 6.07) is 16.8. The molecule has 230 valence electrons. The Bertz CT molecular complexity index is 1570. The van der Waals surface area contributed by atoms with Crippen LogP contribution in [0.1, 0.15) is 36.6 Å². The first-order valence-corrected chi connectivity index (χ1v) is 14.6. The molecule has 1 aliphatic rings. The Hall–Kier alpha value is -4.55. The van der Waals surface area contributed by atoms with Gasteiger partial charge in [-0.2, -0.15) is 5.10 Å². The SMILES string of the molecule is CCOC(=O)C1=C(C)NC(=O)N[C@@H]1c1ccc(OCC(=O)N/N=C\c2cc(Cl)c(OCc3ccccc3)c(Br)c2)c(OC)c1. The molecule has 0 aliphatic carbocycles. The number of hydrogen-bond donors (Lipinski definition) is 3. The summed E-state index contributed by atoms with van der Waals surface area (Å²) in [5.74, 6) is -0.0108. The molecular weight excluding hydrogens is 656 g/mol. The molecule has 3 aromatic carbocycles. The molecule has 1 aliphatic heterocycles. The molecular formula is C31H30BrClN4O7. The van der Waals surface area contributed by atoms with Gasteiger partial charge in [-0.25, -0.2) is 15.0 Å². The monoisotopic (exact) mass is 684 g/mol. The minimum atomic E-state index is -0.776. The lowest BCUT2D eigenvalue weighted by Gasteiger charge is -2.28. The molecule has 0 aromatic heterocycles. The van der Waals surface area contributed by atoms with Gasteiger partial charge in [0.1, 0.15) is 6.61 Å². The third-order valence-electron chi connectivity index (χ3n) is 6.29. The number of carbonyl (C=O) groups excluding carboxylic acids is 3. The van der Waals surface area contributed by atoms with E-state index in [1.807, 2.05) is 30.3 Å². The van der Waals surface area contributed by atoms with Crippen LogP contribution in [0, 0.1) is 0 Å². The summed E-state index contributed by atoms with van der Waals surface area (Å²) >= 11 is 9.89. The van der Waals surface area contributed by atoms with E-state index in [0.717, 1.165) is 5.56 Å². The molecule has 4 rings (SSSR count). The molecule has 3 aromatic rings. The van der Waals surface area contributed by atoms with Gasteiger partial charge in [0, 0.05) is 5.70 Å². The van der Waals surface area contributed by atoms with Gasteiger partial charge in [0.15, 0.2) is 23.9 Å². The van der Waals surface area contributed by atoms with Crippen molar-refractivity contribution >= 4 is 51.7 Å². The zero-order valence-corrected chi connectivity index (χ0v) is 26.5. The first kappa shape index (κ1) is 32.4. The van der Waals surface area contributed by atoms with E-state index in [1.165, 1.54) is 13.3 Å². The van der Waals surface area contributed by atoms with Crippen molar-refractivity contribution in [1.82, 2.24) is 16.1 Å². The topological polar surface area (TPSA) is 137 Å². The van der Waals surface area contributed by atoms with Gasteiger partial charge in [0.25, 0.3) is 5.91 Å². The van der Waals surface area contributed by atoms with Gasteiger partial charge in [-0.3, -0.25) is 4.79 Å². The molecule has 11 nitrogen and oxygen atoms in total. The van der Waals surface area contributed by atoms with E-state index in [2.05, 4.69) is 37.1 Å². The van der Waals surface area contributed by atoms with E-state index in [0.29, 0.717) is 44.4 Å². The molecule has 0 radical (unpaired) electrons. The highest BCUT2D eigenvalue weighted by atomic mass is 79.9. The minimum absolute atomic E-state index is 0.181. The average molecular weight is 686 g/mol. The number of hydrazone groups is 1. The minimum Gasteiger partial charge on any atom is -0.493 e. The van der Waals surface area contributed by atoms with Crippen molar-refractivity contribution in [2.75, 3.05) is 20.3 Å². The van der Waals surface area contributed by atoms with Crippen LogP contribution in [0.4, 0.5) is 4.79 Å². The molecule has 0 saturated carbocycles. The van der Waals surface area contributed by atoms with E-state index < -0.39 is 23.9 Å². The molecule has 3 N–H and O–H groups in total. The number of hydrogen-bond acceptors (Lipinski definition) is 8. The summed E-state index contributed by atoms with van der Waals surface area (Å²) < 4.78 is 22.8. The number of benzene rings is 3. The zero-order chi connectivity index (χ0) is 31.6. The summed E-state index contributed by atoms with van der Waals surface area (Å²) in [5.41, 5.74) is 5.25. The second-order valence-electron chi connectivity index (χ2n) is 9.37. The molecule has 1 atom stereocenters. The summed E-state index contributed by atoms with van der Waals surface area (Å²) in [4.78, 5) is 37.2. The van der Waals surface area contributed by atoms with Crippen molar-refractivity contribution in [3.8, 4) is 17.2 Å². The number of ether oxygens (including phenoxy) is 4. The lowest BCUT2D eigenvalue weighted by Crippen LogP contribution is -2.45. The van der Waals surface area contributed by atoms with Crippen LogP contribution in [0.5, 0.6) is 17.2 Å². The van der Waals surface area contributed by atoms with Gasteiger partial charge in [-0.05, 0) is 70.7 Å². The summed E-state index contributed by atoms with van der Waals surface area (Å²) in [7, 11) is 1.44. The lowest BCUT2D eigenvalue weighted by atomic mass is 9.95.